The van der Waals surface area contributed by atoms with Crippen molar-refractivity contribution in [1.82, 2.24) is 15.2 Å². The minimum absolute atomic E-state index is 0.0646. The van der Waals surface area contributed by atoms with Crippen LogP contribution in [-0.4, -0.2) is 53.7 Å². The summed E-state index contributed by atoms with van der Waals surface area (Å²) in [5, 5.41) is 7.96. The highest BCUT2D eigenvalue weighted by atomic mass is 32.1. The summed E-state index contributed by atoms with van der Waals surface area (Å²) >= 11 is 3.17. The van der Waals surface area contributed by atoms with E-state index >= 15 is 0 Å². The lowest BCUT2D eigenvalue weighted by molar-refractivity contribution is -0.0683. The van der Waals surface area contributed by atoms with Gasteiger partial charge in [-0.3, -0.25) is 9.69 Å². The minimum Gasteiger partial charge on any atom is -0.375 e. The van der Waals surface area contributed by atoms with Crippen LogP contribution in [0.5, 0.6) is 0 Å². The summed E-state index contributed by atoms with van der Waals surface area (Å²) in [5.74, 6) is 0.463. The number of nitrogens with one attached hydrogen (secondary N) is 1. The van der Waals surface area contributed by atoms with Crippen LogP contribution >= 0.6 is 22.7 Å². The molecule has 134 valence electrons. The minimum atomic E-state index is -0.0646. The number of morpholine rings is 1. The third-order valence-electron chi connectivity index (χ3n) is 4.99. The Bertz CT molecular complexity index is 729. The lowest BCUT2D eigenvalue weighted by atomic mass is 10.0. The number of thiophene rings is 1. The van der Waals surface area contributed by atoms with Crippen molar-refractivity contribution in [3.8, 4) is 9.88 Å². The average molecular weight is 378 g/mol. The molecular weight excluding hydrogens is 354 g/mol. The summed E-state index contributed by atoms with van der Waals surface area (Å²) in [6.07, 6.45) is 1.26. The van der Waals surface area contributed by atoms with Gasteiger partial charge in [0.05, 0.1) is 17.6 Å². The van der Waals surface area contributed by atoms with Crippen LogP contribution in [0.2, 0.25) is 0 Å². The van der Waals surface area contributed by atoms with Gasteiger partial charge in [-0.05, 0) is 23.8 Å². The van der Waals surface area contributed by atoms with E-state index in [0.717, 1.165) is 36.0 Å². The first-order valence-electron chi connectivity index (χ1n) is 8.76. The molecule has 2 aliphatic rings. The number of amides is 1. The van der Waals surface area contributed by atoms with E-state index in [9.17, 15) is 4.79 Å². The van der Waals surface area contributed by atoms with Crippen molar-refractivity contribution in [2.45, 2.75) is 38.5 Å². The van der Waals surface area contributed by atoms with Crippen molar-refractivity contribution in [3.63, 3.8) is 0 Å². The maximum absolute atomic E-state index is 12.5. The summed E-state index contributed by atoms with van der Waals surface area (Å²) in [6, 6.07) is 4.64. The van der Waals surface area contributed by atoms with Gasteiger partial charge in [0.25, 0.3) is 5.91 Å². The number of carbonyl (C=O) groups is 1. The van der Waals surface area contributed by atoms with Crippen LogP contribution < -0.4 is 5.32 Å². The van der Waals surface area contributed by atoms with Crippen LogP contribution in [0.3, 0.4) is 0 Å². The zero-order valence-corrected chi connectivity index (χ0v) is 16.1. The first-order valence-corrected chi connectivity index (χ1v) is 10.5. The Hall–Kier alpha value is -1.28. The Kier molecular flexibility index (Phi) is 4.90. The zero-order chi connectivity index (χ0) is 17.4. The fourth-order valence-corrected chi connectivity index (χ4v) is 5.17. The maximum Gasteiger partial charge on any atom is 0.271 e. The van der Waals surface area contributed by atoms with Gasteiger partial charge in [0.2, 0.25) is 0 Å². The third-order valence-corrected chi connectivity index (χ3v) is 6.87. The molecule has 1 N–H and O–H groups in total. The van der Waals surface area contributed by atoms with Crippen molar-refractivity contribution >= 4 is 28.6 Å². The van der Waals surface area contributed by atoms with E-state index in [-0.39, 0.29) is 11.9 Å². The van der Waals surface area contributed by atoms with Gasteiger partial charge in [-0.2, -0.15) is 0 Å². The van der Waals surface area contributed by atoms with Gasteiger partial charge < -0.3 is 10.1 Å². The second kappa shape index (κ2) is 7.15. The highest BCUT2D eigenvalue weighted by molar-refractivity contribution is 7.20. The van der Waals surface area contributed by atoms with Gasteiger partial charge >= 0.3 is 0 Å². The molecule has 0 aliphatic carbocycles. The van der Waals surface area contributed by atoms with Gasteiger partial charge in [0.1, 0.15) is 10.7 Å². The Balaban J connectivity index is 1.36. The molecule has 2 aromatic heterocycles. The molecule has 2 saturated heterocycles. The normalized spacial score (nSPS) is 26.8. The Labute approximate surface area is 156 Å². The number of hydrogen-bond donors (Lipinski definition) is 1. The zero-order valence-electron chi connectivity index (χ0n) is 14.5. The van der Waals surface area contributed by atoms with Crippen LogP contribution in [0, 0.1) is 5.92 Å². The van der Waals surface area contributed by atoms with Gasteiger partial charge in [0.15, 0.2) is 0 Å². The molecule has 25 heavy (non-hydrogen) atoms. The number of hydrogen-bond acceptors (Lipinski definition) is 6. The van der Waals surface area contributed by atoms with Crippen molar-refractivity contribution < 1.29 is 9.53 Å². The second-order valence-corrected chi connectivity index (χ2v) is 8.95. The van der Waals surface area contributed by atoms with Crippen molar-refractivity contribution in [2.24, 2.45) is 5.92 Å². The SMILES string of the molecule is CC(C)[C@H]1CN2C[C@@H](NC(=O)c3csc(-c4cccs4)n3)C[C@H]2CO1. The number of nitrogens with zero attached hydrogens (tertiary/aromatic N) is 2. The molecule has 5 nitrogen and oxygen atoms in total. The number of carbonyl (C=O) groups excluding carboxylic acids is 1. The molecule has 1 amide bonds. The highest BCUT2D eigenvalue weighted by Crippen LogP contribution is 2.29. The van der Waals surface area contributed by atoms with E-state index < -0.39 is 0 Å². The van der Waals surface area contributed by atoms with Crippen LogP contribution in [0.4, 0.5) is 0 Å². The van der Waals surface area contributed by atoms with Gasteiger partial charge in [-0.1, -0.05) is 19.9 Å². The maximum atomic E-state index is 12.5. The van der Waals surface area contributed by atoms with E-state index in [0.29, 0.717) is 23.8 Å². The van der Waals surface area contributed by atoms with Crippen LogP contribution in [-0.2, 0) is 4.74 Å². The Morgan fingerprint density at radius 2 is 2.28 bits per heavy atom. The topological polar surface area (TPSA) is 54.5 Å². The first kappa shape index (κ1) is 17.1. The van der Waals surface area contributed by atoms with Crippen molar-refractivity contribution in [2.75, 3.05) is 19.7 Å². The Morgan fingerprint density at radius 3 is 3.04 bits per heavy atom. The second-order valence-electron chi connectivity index (χ2n) is 7.14. The molecule has 4 rings (SSSR count). The largest absolute Gasteiger partial charge is 0.375 e. The lowest BCUT2D eigenvalue weighted by Crippen LogP contribution is -2.48. The fourth-order valence-electron chi connectivity index (χ4n) is 3.56. The number of aromatic nitrogens is 1. The van der Waals surface area contributed by atoms with E-state index in [1.54, 1.807) is 11.3 Å². The van der Waals surface area contributed by atoms with Crippen LogP contribution in [0.1, 0.15) is 30.8 Å². The molecule has 0 radical (unpaired) electrons. The molecule has 2 fully saturated rings. The molecule has 0 aromatic carbocycles. The molecule has 2 aliphatic heterocycles. The van der Waals surface area contributed by atoms with Crippen LogP contribution in [0.25, 0.3) is 9.88 Å². The fraction of sp³-hybridized carbons (Fsp3) is 0.556. The van der Waals surface area contributed by atoms with Gasteiger partial charge in [-0.25, -0.2) is 4.98 Å². The van der Waals surface area contributed by atoms with E-state index in [1.807, 2.05) is 22.9 Å². The molecule has 2 aromatic rings. The molecule has 0 bridgehead atoms. The van der Waals surface area contributed by atoms with Crippen molar-refractivity contribution in [1.29, 1.82) is 0 Å². The third kappa shape index (κ3) is 3.65. The summed E-state index contributed by atoms with van der Waals surface area (Å²) in [5.41, 5.74) is 0.523. The monoisotopic (exact) mass is 377 g/mol. The van der Waals surface area contributed by atoms with Gasteiger partial charge in [-0.15, -0.1) is 22.7 Å². The first-order chi connectivity index (χ1) is 12.1. The van der Waals surface area contributed by atoms with E-state index in [2.05, 4.69) is 29.0 Å². The molecule has 7 heteroatoms. The summed E-state index contributed by atoms with van der Waals surface area (Å²) < 4.78 is 5.97. The number of ether oxygens (including phenoxy) is 1. The summed E-state index contributed by atoms with van der Waals surface area (Å²) in [7, 11) is 0. The van der Waals surface area contributed by atoms with Crippen molar-refractivity contribution in [3.05, 3.63) is 28.6 Å². The molecule has 0 spiro atoms. The smallest absolute Gasteiger partial charge is 0.271 e. The molecule has 0 unspecified atom stereocenters. The highest BCUT2D eigenvalue weighted by Gasteiger charge is 2.38. The van der Waals surface area contributed by atoms with Gasteiger partial charge in [0, 0.05) is 30.6 Å². The average Bonchev–Trinajstić information content (AvgIpc) is 3.32. The molecule has 3 atom stereocenters. The molecule has 4 heterocycles. The number of thiazole rings is 1. The number of rotatable bonds is 4. The molecular formula is C18H23N3O2S2. The summed E-state index contributed by atoms with van der Waals surface area (Å²) in [6.45, 7) is 7.05. The van der Waals surface area contributed by atoms with Crippen LogP contribution in [0.15, 0.2) is 22.9 Å². The predicted octanol–water partition coefficient (Wildman–Crippen LogP) is 3.10. The standard InChI is InChI=1S/C18H23N3O2S2/c1-11(2)15-8-21-7-12(6-13(21)9-23-15)19-17(22)14-10-25-18(20-14)16-4-3-5-24-16/h3-5,10-13,15H,6-9H2,1-2H3,(H,19,22)/t12-,13-,15+/m0/s1. The van der Waals surface area contributed by atoms with E-state index in [1.165, 1.54) is 11.3 Å². The number of fused-ring (bicyclic) bond motifs is 1. The predicted molar refractivity (Wildman–Crippen MR) is 101 cm³/mol. The quantitative estimate of drug-likeness (QED) is 0.890. The van der Waals surface area contributed by atoms with E-state index in [4.69, 9.17) is 4.74 Å². The molecule has 0 saturated carbocycles. The summed E-state index contributed by atoms with van der Waals surface area (Å²) in [4.78, 5) is 20.6. The Morgan fingerprint density at radius 1 is 1.40 bits per heavy atom. The lowest BCUT2D eigenvalue weighted by Gasteiger charge is -2.36.